The van der Waals surface area contributed by atoms with Crippen molar-refractivity contribution in [3.8, 4) is 17.2 Å². The highest BCUT2D eigenvalue weighted by atomic mass is 32.2. The molecule has 0 spiro atoms. The number of nitrogens with one attached hydrogen (secondary N) is 1. The molecule has 1 aliphatic heterocycles. The Hall–Kier alpha value is -4.32. The van der Waals surface area contributed by atoms with Gasteiger partial charge in [0.1, 0.15) is 23.8 Å². The van der Waals surface area contributed by atoms with E-state index in [1.807, 2.05) is 0 Å². The minimum Gasteiger partial charge on any atom is -0.487 e. The van der Waals surface area contributed by atoms with E-state index in [1.54, 1.807) is 31.2 Å². The third kappa shape index (κ3) is 4.71. The van der Waals surface area contributed by atoms with E-state index in [2.05, 4.69) is 10.3 Å². The third-order valence-corrected chi connectivity index (χ3v) is 8.69. The lowest BCUT2D eigenvalue weighted by Crippen LogP contribution is -2.52. The molecule has 0 unspecified atom stereocenters. The monoisotopic (exact) mass is 558 g/mol. The molecule has 8 nitrogen and oxygen atoms in total. The predicted molar refractivity (Wildman–Crippen MR) is 134 cm³/mol. The second kappa shape index (κ2) is 9.45. The molecule has 0 saturated carbocycles. The first-order chi connectivity index (χ1) is 18.4. The van der Waals surface area contributed by atoms with Crippen LogP contribution in [0.1, 0.15) is 22.6 Å². The highest BCUT2D eigenvalue weighted by molar-refractivity contribution is 7.93. The van der Waals surface area contributed by atoms with Crippen molar-refractivity contribution < 1.29 is 40.6 Å². The number of ether oxygens (including phenoxy) is 1. The first kappa shape index (κ1) is 26.3. The number of para-hydroxylation sites is 1. The van der Waals surface area contributed by atoms with Gasteiger partial charge in [0.05, 0.1) is 10.5 Å². The molecule has 5 rings (SSSR count). The molecule has 3 aromatic carbocycles. The first-order valence-electron chi connectivity index (χ1n) is 11.6. The minimum absolute atomic E-state index is 0.0575. The lowest BCUT2D eigenvalue weighted by atomic mass is 10.1. The van der Waals surface area contributed by atoms with Crippen LogP contribution in [0.5, 0.6) is 5.75 Å². The smallest absolute Gasteiger partial charge is 0.416 e. The maximum atomic E-state index is 13.4. The van der Waals surface area contributed by atoms with E-state index < -0.39 is 32.4 Å². The predicted octanol–water partition coefficient (Wildman–Crippen LogP) is 5.47. The molecule has 202 valence electrons. The number of hydrogen-bond acceptors (Lipinski definition) is 7. The Morgan fingerprint density at radius 3 is 2.36 bits per heavy atom. The maximum absolute atomic E-state index is 13.4. The van der Waals surface area contributed by atoms with Gasteiger partial charge in [0.25, 0.3) is 0 Å². The molecular weight excluding hydrogens is 537 g/mol. The van der Waals surface area contributed by atoms with Gasteiger partial charge in [0.2, 0.25) is 20.6 Å². The van der Waals surface area contributed by atoms with Gasteiger partial charge in [-0.15, -0.1) is 0 Å². The number of fused-ring (bicyclic) bond motifs is 1. The number of aromatic nitrogens is 1. The van der Waals surface area contributed by atoms with E-state index >= 15 is 0 Å². The number of sulfone groups is 1. The summed E-state index contributed by atoms with van der Waals surface area (Å²) in [5.74, 6) is -0.687. The van der Waals surface area contributed by atoms with Crippen LogP contribution < -0.4 is 10.1 Å². The molecule has 0 bridgehead atoms. The number of hydrogen-bond donors (Lipinski definition) is 2. The highest BCUT2D eigenvalue weighted by Gasteiger charge is 2.55. The van der Waals surface area contributed by atoms with Gasteiger partial charge in [-0.05, 0) is 67.1 Å². The molecule has 0 amide bonds. The summed E-state index contributed by atoms with van der Waals surface area (Å²) in [6, 6.07) is 16.4. The summed E-state index contributed by atoms with van der Waals surface area (Å²) in [5.41, 5.74) is 1.01. The lowest BCUT2D eigenvalue weighted by Gasteiger charge is -2.25. The molecule has 2 N–H and O–H groups in total. The number of carbonyl (C=O) groups is 1. The fourth-order valence-electron chi connectivity index (χ4n) is 4.29. The number of anilines is 1. The SMILES string of the molecule is Cc1oc(-c2ccc(C(F)(F)F)cc2)nc1COc1ccc(S(=O)(=O)[C@@]2(C(=O)O)Cc3ccccc3N2)cc1. The highest BCUT2D eigenvalue weighted by Crippen LogP contribution is 2.39. The summed E-state index contributed by atoms with van der Waals surface area (Å²) >= 11 is 0. The minimum atomic E-state index is -4.45. The Bertz CT molecular complexity index is 1620. The number of aryl methyl sites for hydroxylation is 1. The summed E-state index contributed by atoms with van der Waals surface area (Å²) in [7, 11) is -4.36. The standard InChI is InChI=1S/C27H21F3N2O6S/c1-16-23(31-24(38-16)17-6-8-19(9-7-17)27(28,29)30)15-37-20-10-12-21(13-11-20)39(35,36)26(25(33)34)14-18-4-2-3-5-22(18)32-26/h2-13,32H,14-15H2,1H3,(H,33,34)/t26-/m1/s1. The molecule has 4 aromatic rings. The number of rotatable bonds is 7. The largest absolute Gasteiger partial charge is 0.487 e. The van der Waals surface area contributed by atoms with Gasteiger partial charge in [-0.25, -0.2) is 18.2 Å². The van der Waals surface area contributed by atoms with Crippen LogP contribution in [-0.4, -0.2) is 29.3 Å². The number of benzene rings is 3. The second-order valence-corrected chi connectivity index (χ2v) is 11.1. The van der Waals surface area contributed by atoms with Gasteiger partial charge in [-0.2, -0.15) is 13.2 Å². The molecule has 0 saturated heterocycles. The van der Waals surface area contributed by atoms with Crippen molar-refractivity contribution in [2.24, 2.45) is 0 Å². The van der Waals surface area contributed by atoms with E-state index in [-0.39, 0.29) is 23.8 Å². The van der Waals surface area contributed by atoms with Gasteiger partial charge >= 0.3 is 12.1 Å². The molecular formula is C27H21F3N2O6S. The average Bonchev–Trinajstić information content (AvgIpc) is 3.49. The second-order valence-electron chi connectivity index (χ2n) is 8.95. The zero-order chi connectivity index (χ0) is 28.0. The van der Waals surface area contributed by atoms with Crippen molar-refractivity contribution in [3.63, 3.8) is 0 Å². The van der Waals surface area contributed by atoms with Crippen LogP contribution in [0.4, 0.5) is 18.9 Å². The number of nitrogens with zero attached hydrogens (tertiary/aromatic N) is 1. The summed E-state index contributed by atoms with van der Waals surface area (Å²) in [6.07, 6.45) is -4.68. The number of aliphatic carboxylic acids is 1. The molecule has 0 fully saturated rings. The number of oxazole rings is 1. The summed E-state index contributed by atoms with van der Waals surface area (Å²) < 4.78 is 76.6. The summed E-state index contributed by atoms with van der Waals surface area (Å²) in [5, 5.41) is 12.6. The van der Waals surface area contributed by atoms with Crippen molar-refractivity contribution in [1.82, 2.24) is 4.98 Å². The van der Waals surface area contributed by atoms with Gasteiger partial charge < -0.3 is 19.6 Å². The zero-order valence-corrected chi connectivity index (χ0v) is 21.1. The van der Waals surface area contributed by atoms with Crippen molar-refractivity contribution >= 4 is 21.5 Å². The molecule has 39 heavy (non-hydrogen) atoms. The number of halogens is 3. The molecule has 1 atom stereocenters. The Morgan fingerprint density at radius 2 is 1.74 bits per heavy atom. The quantitative estimate of drug-likeness (QED) is 0.307. The number of carboxylic acids is 1. The Balaban J connectivity index is 1.30. The van der Waals surface area contributed by atoms with Gasteiger partial charge in [0.15, 0.2) is 0 Å². The lowest BCUT2D eigenvalue weighted by molar-refractivity contribution is -0.139. The van der Waals surface area contributed by atoms with Crippen LogP contribution in [-0.2, 0) is 33.8 Å². The topological polar surface area (TPSA) is 119 Å². The fourth-order valence-corrected chi connectivity index (χ4v) is 6.00. The fraction of sp³-hybridized carbons (Fsp3) is 0.185. The molecule has 0 radical (unpaired) electrons. The van der Waals surface area contributed by atoms with Crippen molar-refractivity contribution in [2.75, 3.05) is 5.32 Å². The molecule has 12 heteroatoms. The molecule has 1 aliphatic rings. The third-order valence-electron chi connectivity index (χ3n) is 6.46. The van der Waals surface area contributed by atoms with Crippen LogP contribution in [0.3, 0.4) is 0 Å². The summed E-state index contributed by atoms with van der Waals surface area (Å²) in [6.45, 7) is 1.57. The Kier molecular flexibility index (Phi) is 6.37. The van der Waals surface area contributed by atoms with Crippen LogP contribution in [0.2, 0.25) is 0 Å². The normalized spacial score (nSPS) is 16.9. The van der Waals surface area contributed by atoms with E-state index in [9.17, 15) is 31.5 Å². The van der Waals surface area contributed by atoms with Crippen molar-refractivity contribution in [2.45, 2.75) is 35.9 Å². The number of carboxylic acid groups (broad SMARTS) is 1. The van der Waals surface area contributed by atoms with E-state index in [1.165, 1.54) is 36.4 Å². The maximum Gasteiger partial charge on any atom is 0.416 e. The van der Waals surface area contributed by atoms with Gasteiger partial charge in [-0.1, -0.05) is 18.2 Å². The molecule has 0 aliphatic carbocycles. The van der Waals surface area contributed by atoms with Crippen LogP contribution in [0.15, 0.2) is 82.1 Å². The van der Waals surface area contributed by atoms with Crippen molar-refractivity contribution in [3.05, 3.63) is 95.4 Å². The van der Waals surface area contributed by atoms with Crippen molar-refractivity contribution in [1.29, 1.82) is 0 Å². The van der Waals surface area contributed by atoms with Gasteiger partial charge in [-0.3, -0.25) is 0 Å². The molecule has 1 aromatic heterocycles. The molecule has 2 heterocycles. The Morgan fingerprint density at radius 1 is 1.08 bits per heavy atom. The van der Waals surface area contributed by atoms with E-state index in [4.69, 9.17) is 9.15 Å². The Labute approximate surface area is 221 Å². The van der Waals surface area contributed by atoms with Crippen LogP contribution >= 0.6 is 0 Å². The summed E-state index contributed by atoms with van der Waals surface area (Å²) in [4.78, 5) is 14.1. The van der Waals surface area contributed by atoms with Crippen LogP contribution in [0.25, 0.3) is 11.5 Å². The number of alkyl halides is 3. The van der Waals surface area contributed by atoms with E-state index in [0.717, 1.165) is 12.1 Å². The van der Waals surface area contributed by atoms with E-state index in [0.29, 0.717) is 34.0 Å². The van der Waals surface area contributed by atoms with Gasteiger partial charge in [0, 0.05) is 17.7 Å². The first-order valence-corrected chi connectivity index (χ1v) is 13.1. The van der Waals surface area contributed by atoms with Crippen LogP contribution in [0, 0.1) is 6.92 Å². The average molecular weight is 559 g/mol. The zero-order valence-electron chi connectivity index (χ0n) is 20.3.